The van der Waals surface area contributed by atoms with Crippen LogP contribution in [-0.4, -0.2) is 56.1 Å². The van der Waals surface area contributed by atoms with Gasteiger partial charge in [0.25, 0.3) is 11.8 Å². The highest BCUT2D eigenvalue weighted by Crippen LogP contribution is 2.33. The van der Waals surface area contributed by atoms with E-state index in [1.54, 1.807) is 25.3 Å². The third-order valence-electron chi connectivity index (χ3n) is 5.87. The minimum absolute atomic E-state index is 0.101. The molecule has 4 rings (SSSR count). The Morgan fingerprint density at radius 2 is 1.71 bits per heavy atom. The molecule has 0 bridgehead atoms. The highest BCUT2D eigenvalue weighted by molar-refractivity contribution is 7.89. The Balaban J connectivity index is 1.47. The number of carbonyl (C=O) groups is 1. The molecular formula is C24H28N4O6S. The smallest absolute Gasteiger partial charge is 0.322 e. The van der Waals surface area contributed by atoms with Gasteiger partial charge in [0.05, 0.1) is 24.7 Å². The quantitative estimate of drug-likeness (QED) is 0.521. The molecular weight excluding hydrogens is 472 g/mol. The Hall–Kier alpha value is -3.44. The van der Waals surface area contributed by atoms with Crippen molar-refractivity contribution in [1.29, 1.82) is 0 Å². The van der Waals surface area contributed by atoms with E-state index in [0.29, 0.717) is 42.0 Å². The summed E-state index contributed by atoms with van der Waals surface area (Å²) in [6.45, 7) is 5.10. The van der Waals surface area contributed by atoms with E-state index in [1.165, 1.54) is 35.7 Å². The van der Waals surface area contributed by atoms with Crippen LogP contribution < -0.4 is 14.8 Å². The molecule has 2 atom stereocenters. The molecule has 11 heteroatoms. The van der Waals surface area contributed by atoms with Crippen molar-refractivity contribution in [1.82, 2.24) is 14.5 Å². The van der Waals surface area contributed by atoms with E-state index in [2.05, 4.69) is 29.4 Å². The zero-order valence-electron chi connectivity index (χ0n) is 20.0. The van der Waals surface area contributed by atoms with E-state index in [9.17, 15) is 13.2 Å². The van der Waals surface area contributed by atoms with Crippen molar-refractivity contribution in [2.45, 2.75) is 25.2 Å². The van der Waals surface area contributed by atoms with Crippen LogP contribution in [0.4, 0.5) is 6.01 Å². The minimum atomic E-state index is -3.63. The normalized spacial score (nSPS) is 18.7. The van der Waals surface area contributed by atoms with E-state index in [1.807, 2.05) is 0 Å². The molecule has 1 aliphatic heterocycles. The zero-order valence-corrected chi connectivity index (χ0v) is 20.8. The van der Waals surface area contributed by atoms with Gasteiger partial charge in [-0.1, -0.05) is 18.9 Å². The molecule has 186 valence electrons. The van der Waals surface area contributed by atoms with Crippen LogP contribution in [0.25, 0.3) is 11.5 Å². The van der Waals surface area contributed by atoms with Crippen LogP contribution >= 0.6 is 0 Å². The second-order valence-corrected chi connectivity index (χ2v) is 10.7. The molecule has 1 aromatic heterocycles. The first-order chi connectivity index (χ1) is 16.7. The van der Waals surface area contributed by atoms with Crippen molar-refractivity contribution >= 4 is 21.9 Å². The fraction of sp³-hybridized carbons (Fsp3) is 0.375. The number of anilines is 1. The molecule has 1 aliphatic rings. The van der Waals surface area contributed by atoms with Crippen molar-refractivity contribution in [2.75, 3.05) is 32.6 Å². The number of hydrogen-bond donors (Lipinski definition) is 1. The average Bonchev–Trinajstić information content (AvgIpc) is 3.31. The molecule has 2 aromatic carbocycles. The number of carbonyl (C=O) groups excluding carboxylic acids is 1. The predicted molar refractivity (Wildman–Crippen MR) is 129 cm³/mol. The number of ether oxygens (including phenoxy) is 2. The molecule has 1 N–H and O–H groups in total. The summed E-state index contributed by atoms with van der Waals surface area (Å²) in [7, 11) is -0.574. The third-order valence-corrected chi connectivity index (χ3v) is 7.72. The highest BCUT2D eigenvalue weighted by atomic mass is 32.2. The molecule has 10 nitrogen and oxygen atoms in total. The van der Waals surface area contributed by atoms with Gasteiger partial charge in [-0.2, -0.15) is 4.31 Å². The third kappa shape index (κ3) is 5.30. The van der Waals surface area contributed by atoms with Gasteiger partial charge >= 0.3 is 6.01 Å². The lowest BCUT2D eigenvalue weighted by Gasteiger charge is -2.34. The highest BCUT2D eigenvalue weighted by Gasteiger charge is 2.31. The SMILES string of the molecule is COc1ccc(-c2nnc(NC(=O)c3ccc(S(=O)(=O)N4CC(C)CC(C)C4)cc3)o2)c(OC)c1. The second kappa shape index (κ2) is 10.0. The first kappa shape index (κ1) is 24.7. The van der Waals surface area contributed by atoms with E-state index in [4.69, 9.17) is 13.9 Å². The summed E-state index contributed by atoms with van der Waals surface area (Å²) < 4.78 is 43.7. The van der Waals surface area contributed by atoms with Gasteiger partial charge in [0, 0.05) is 24.7 Å². The largest absolute Gasteiger partial charge is 0.497 e. The first-order valence-corrected chi connectivity index (χ1v) is 12.6. The topological polar surface area (TPSA) is 124 Å². The fourth-order valence-electron chi connectivity index (χ4n) is 4.26. The van der Waals surface area contributed by atoms with Gasteiger partial charge in [0.1, 0.15) is 11.5 Å². The number of aromatic nitrogens is 2. The average molecular weight is 501 g/mol. The lowest BCUT2D eigenvalue weighted by molar-refractivity contribution is 0.102. The number of piperidine rings is 1. The Morgan fingerprint density at radius 3 is 2.34 bits per heavy atom. The van der Waals surface area contributed by atoms with Gasteiger partial charge < -0.3 is 13.9 Å². The number of rotatable bonds is 7. The molecule has 35 heavy (non-hydrogen) atoms. The predicted octanol–water partition coefficient (Wildman–Crippen LogP) is 3.67. The number of sulfonamides is 1. The molecule has 0 spiro atoms. The molecule has 2 unspecified atom stereocenters. The molecule has 1 amide bonds. The van der Waals surface area contributed by atoms with Crippen LogP contribution in [-0.2, 0) is 10.0 Å². The van der Waals surface area contributed by atoms with Crippen molar-refractivity contribution < 1.29 is 27.1 Å². The van der Waals surface area contributed by atoms with Crippen molar-refractivity contribution in [3.8, 4) is 23.0 Å². The Bertz CT molecular complexity index is 1300. The molecule has 1 saturated heterocycles. The summed E-state index contributed by atoms with van der Waals surface area (Å²) in [5.74, 6) is 1.33. The van der Waals surface area contributed by atoms with Crippen molar-refractivity contribution in [3.63, 3.8) is 0 Å². The van der Waals surface area contributed by atoms with Gasteiger partial charge in [-0.3, -0.25) is 10.1 Å². The molecule has 3 aromatic rings. The number of methoxy groups -OCH3 is 2. The summed E-state index contributed by atoms with van der Waals surface area (Å²) in [6, 6.07) is 10.8. The number of nitrogens with zero attached hydrogens (tertiary/aromatic N) is 3. The van der Waals surface area contributed by atoms with Gasteiger partial charge in [0.15, 0.2) is 0 Å². The monoisotopic (exact) mass is 500 g/mol. The molecule has 0 radical (unpaired) electrons. The molecule has 0 aliphatic carbocycles. The lowest BCUT2D eigenvalue weighted by Crippen LogP contribution is -2.42. The zero-order chi connectivity index (χ0) is 25.2. The van der Waals surface area contributed by atoms with Crippen LogP contribution in [0.2, 0.25) is 0 Å². The number of benzene rings is 2. The summed E-state index contributed by atoms with van der Waals surface area (Å²) in [6.07, 6.45) is 1.01. The van der Waals surface area contributed by atoms with Gasteiger partial charge in [-0.05, 0) is 54.7 Å². The van der Waals surface area contributed by atoms with Gasteiger partial charge in [-0.25, -0.2) is 8.42 Å². The lowest BCUT2D eigenvalue weighted by atomic mass is 9.94. The Morgan fingerprint density at radius 1 is 1.03 bits per heavy atom. The maximum atomic E-state index is 13.1. The van der Waals surface area contributed by atoms with Crippen LogP contribution in [0.15, 0.2) is 51.8 Å². The van der Waals surface area contributed by atoms with Gasteiger partial charge in [-0.15, -0.1) is 5.10 Å². The fourth-order valence-corrected chi connectivity index (χ4v) is 5.94. The van der Waals surface area contributed by atoms with Crippen LogP contribution in [0.5, 0.6) is 11.5 Å². The van der Waals surface area contributed by atoms with E-state index >= 15 is 0 Å². The van der Waals surface area contributed by atoms with Crippen LogP contribution in [0.3, 0.4) is 0 Å². The Labute approximate surface area is 204 Å². The summed E-state index contributed by atoms with van der Waals surface area (Å²) >= 11 is 0. The maximum Gasteiger partial charge on any atom is 0.322 e. The van der Waals surface area contributed by atoms with Crippen molar-refractivity contribution in [2.24, 2.45) is 11.8 Å². The van der Waals surface area contributed by atoms with Crippen LogP contribution in [0.1, 0.15) is 30.6 Å². The standard InChI is InChI=1S/C24H28N4O6S/c1-15-11-16(2)14-28(13-15)35(30,31)19-8-5-17(6-9-19)22(29)25-24-27-26-23(34-24)20-10-7-18(32-3)12-21(20)33-4/h5-10,12,15-16H,11,13-14H2,1-4H3,(H,25,27,29). The first-order valence-electron chi connectivity index (χ1n) is 11.2. The van der Waals surface area contributed by atoms with E-state index in [-0.39, 0.29) is 22.4 Å². The van der Waals surface area contributed by atoms with Crippen molar-refractivity contribution in [3.05, 3.63) is 48.0 Å². The summed E-state index contributed by atoms with van der Waals surface area (Å²) in [5, 5.41) is 10.4. The summed E-state index contributed by atoms with van der Waals surface area (Å²) in [4.78, 5) is 12.8. The van der Waals surface area contributed by atoms with Crippen LogP contribution in [0, 0.1) is 11.8 Å². The number of nitrogens with one attached hydrogen (secondary N) is 1. The number of hydrogen-bond acceptors (Lipinski definition) is 8. The maximum absolute atomic E-state index is 13.1. The summed E-state index contributed by atoms with van der Waals surface area (Å²) in [5.41, 5.74) is 0.795. The molecule has 2 heterocycles. The Kier molecular flexibility index (Phi) is 7.08. The molecule has 0 saturated carbocycles. The minimum Gasteiger partial charge on any atom is -0.497 e. The van der Waals surface area contributed by atoms with E-state index < -0.39 is 15.9 Å². The van der Waals surface area contributed by atoms with Gasteiger partial charge in [0.2, 0.25) is 10.0 Å². The number of amides is 1. The second-order valence-electron chi connectivity index (χ2n) is 8.73. The van der Waals surface area contributed by atoms with E-state index in [0.717, 1.165) is 6.42 Å². The molecule has 1 fully saturated rings.